The third-order valence-corrected chi connectivity index (χ3v) is 5.89. The Labute approximate surface area is 176 Å². The molecule has 0 saturated heterocycles. The number of furan rings is 1. The van der Waals surface area contributed by atoms with Crippen LogP contribution >= 0.6 is 0 Å². The second-order valence-electron chi connectivity index (χ2n) is 8.19. The SMILES string of the molecule is O=c1c2ccoc2cnn1-c1ccc(N[C@H]2CC[C@H](Nc3noc(C4CC4)n3)C2)nc1. The van der Waals surface area contributed by atoms with Crippen LogP contribution < -0.4 is 16.2 Å². The van der Waals surface area contributed by atoms with Gasteiger partial charge in [0.1, 0.15) is 5.82 Å². The fraction of sp³-hybridized carbons (Fsp3) is 0.381. The van der Waals surface area contributed by atoms with E-state index in [0.29, 0.717) is 40.6 Å². The lowest BCUT2D eigenvalue weighted by molar-refractivity contribution is 0.379. The van der Waals surface area contributed by atoms with Crippen LogP contribution in [-0.2, 0) is 0 Å². The molecule has 158 valence electrons. The molecule has 0 unspecified atom stereocenters. The summed E-state index contributed by atoms with van der Waals surface area (Å²) in [6.07, 6.45) is 9.93. The summed E-state index contributed by atoms with van der Waals surface area (Å²) in [5.74, 6) is 2.56. The summed E-state index contributed by atoms with van der Waals surface area (Å²) in [6.45, 7) is 0. The van der Waals surface area contributed by atoms with Crippen molar-refractivity contribution in [2.24, 2.45) is 0 Å². The van der Waals surface area contributed by atoms with Crippen LogP contribution in [0.1, 0.15) is 43.9 Å². The minimum Gasteiger partial charge on any atom is -0.462 e. The normalized spacial score (nSPS) is 20.9. The maximum atomic E-state index is 12.6. The Morgan fingerprint density at radius 3 is 2.71 bits per heavy atom. The molecule has 2 aliphatic rings. The lowest BCUT2D eigenvalue weighted by Gasteiger charge is -2.14. The van der Waals surface area contributed by atoms with Gasteiger partial charge in [-0.1, -0.05) is 0 Å². The number of hydrogen-bond acceptors (Lipinski definition) is 9. The summed E-state index contributed by atoms with van der Waals surface area (Å²) in [5, 5.41) is 15.6. The predicted octanol–water partition coefficient (Wildman–Crippen LogP) is 3.08. The molecule has 2 fully saturated rings. The van der Waals surface area contributed by atoms with Crippen molar-refractivity contribution in [1.82, 2.24) is 24.9 Å². The van der Waals surface area contributed by atoms with Crippen LogP contribution in [0.5, 0.6) is 0 Å². The Morgan fingerprint density at radius 2 is 1.90 bits per heavy atom. The maximum absolute atomic E-state index is 12.6. The molecule has 31 heavy (non-hydrogen) atoms. The minimum absolute atomic E-state index is 0.232. The Morgan fingerprint density at radius 1 is 1.03 bits per heavy atom. The van der Waals surface area contributed by atoms with Gasteiger partial charge in [-0.15, -0.1) is 0 Å². The van der Waals surface area contributed by atoms with Gasteiger partial charge in [-0.05, 0) is 55.5 Å². The van der Waals surface area contributed by atoms with Gasteiger partial charge in [0.15, 0.2) is 5.58 Å². The average molecular weight is 419 g/mol. The zero-order valence-corrected chi connectivity index (χ0v) is 16.7. The van der Waals surface area contributed by atoms with Crippen LogP contribution in [0.15, 0.2) is 50.6 Å². The highest BCUT2D eigenvalue weighted by Gasteiger charge is 2.31. The van der Waals surface area contributed by atoms with E-state index in [1.54, 1.807) is 12.3 Å². The third kappa shape index (κ3) is 3.54. The molecular formula is C21H21N7O3. The first-order valence-corrected chi connectivity index (χ1v) is 10.5. The average Bonchev–Trinajstić information content (AvgIpc) is 3.15. The molecule has 10 nitrogen and oxygen atoms in total. The molecule has 0 amide bonds. The van der Waals surface area contributed by atoms with E-state index in [-0.39, 0.29) is 5.56 Å². The fourth-order valence-electron chi connectivity index (χ4n) is 4.08. The van der Waals surface area contributed by atoms with Gasteiger partial charge in [0, 0.05) is 18.0 Å². The van der Waals surface area contributed by atoms with Crippen molar-refractivity contribution in [3.05, 3.63) is 53.1 Å². The van der Waals surface area contributed by atoms with Gasteiger partial charge in [0.2, 0.25) is 5.89 Å². The highest BCUT2D eigenvalue weighted by atomic mass is 16.5. The van der Waals surface area contributed by atoms with Crippen LogP contribution in [0.4, 0.5) is 11.8 Å². The van der Waals surface area contributed by atoms with E-state index in [1.165, 1.54) is 17.1 Å². The molecule has 0 aliphatic heterocycles. The first kappa shape index (κ1) is 18.1. The Kier molecular flexibility index (Phi) is 4.22. The van der Waals surface area contributed by atoms with Gasteiger partial charge in [-0.2, -0.15) is 14.8 Å². The number of pyridine rings is 1. The van der Waals surface area contributed by atoms with E-state index in [0.717, 1.165) is 43.8 Å². The Bertz CT molecular complexity index is 1270. The molecule has 0 aromatic carbocycles. The van der Waals surface area contributed by atoms with Gasteiger partial charge >= 0.3 is 0 Å². The molecule has 2 aliphatic carbocycles. The molecule has 4 heterocycles. The number of nitrogens with zero attached hydrogens (tertiary/aromatic N) is 5. The Hall–Kier alpha value is -3.69. The smallest absolute Gasteiger partial charge is 0.282 e. The first-order chi connectivity index (χ1) is 15.2. The minimum atomic E-state index is -0.232. The quantitative estimate of drug-likeness (QED) is 0.485. The number of aromatic nitrogens is 5. The maximum Gasteiger partial charge on any atom is 0.282 e. The molecule has 10 heteroatoms. The highest BCUT2D eigenvalue weighted by Crippen LogP contribution is 2.39. The van der Waals surface area contributed by atoms with Crippen molar-refractivity contribution >= 4 is 22.7 Å². The largest absolute Gasteiger partial charge is 0.462 e. The number of nitrogens with one attached hydrogen (secondary N) is 2. The van der Waals surface area contributed by atoms with Crippen LogP contribution in [0.3, 0.4) is 0 Å². The van der Waals surface area contributed by atoms with Crippen LogP contribution in [0, 0.1) is 0 Å². The van der Waals surface area contributed by atoms with Crippen molar-refractivity contribution in [3.63, 3.8) is 0 Å². The van der Waals surface area contributed by atoms with E-state index in [1.807, 2.05) is 12.1 Å². The van der Waals surface area contributed by atoms with Gasteiger partial charge < -0.3 is 19.6 Å². The number of anilines is 2. The molecule has 2 N–H and O–H groups in total. The van der Waals surface area contributed by atoms with E-state index < -0.39 is 0 Å². The summed E-state index contributed by atoms with van der Waals surface area (Å²) in [6, 6.07) is 5.94. The Balaban J connectivity index is 1.09. The number of hydrogen-bond donors (Lipinski definition) is 2. The second-order valence-corrected chi connectivity index (χ2v) is 8.19. The molecule has 0 bridgehead atoms. The summed E-state index contributed by atoms with van der Waals surface area (Å²) in [7, 11) is 0. The monoisotopic (exact) mass is 419 g/mol. The van der Waals surface area contributed by atoms with Crippen molar-refractivity contribution in [2.45, 2.75) is 50.1 Å². The van der Waals surface area contributed by atoms with E-state index in [2.05, 4.69) is 30.9 Å². The molecule has 4 aromatic heterocycles. The standard InChI is InChI=1S/C21H21N7O3/c29-20-16-7-8-30-17(16)11-23-28(20)15-5-6-18(22-10-15)24-13-3-4-14(9-13)25-21-26-19(31-27-21)12-1-2-12/h5-8,10-14H,1-4,9H2,(H,22,24)(H,25,27)/t13-,14-/m0/s1. The zero-order chi connectivity index (χ0) is 20.8. The predicted molar refractivity (Wildman–Crippen MR) is 112 cm³/mol. The topological polar surface area (TPSA) is 124 Å². The van der Waals surface area contributed by atoms with E-state index in [4.69, 9.17) is 8.94 Å². The summed E-state index contributed by atoms with van der Waals surface area (Å²) < 4.78 is 11.9. The van der Waals surface area contributed by atoms with Crippen LogP contribution in [-0.4, -0.2) is 37.0 Å². The molecule has 0 radical (unpaired) electrons. The molecule has 0 spiro atoms. The van der Waals surface area contributed by atoms with Gasteiger partial charge in [0.05, 0.1) is 29.7 Å². The highest BCUT2D eigenvalue weighted by molar-refractivity contribution is 5.74. The van der Waals surface area contributed by atoms with Gasteiger partial charge in [0.25, 0.3) is 11.5 Å². The van der Waals surface area contributed by atoms with E-state index >= 15 is 0 Å². The van der Waals surface area contributed by atoms with Crippen LogP contribution in [0.2, 0.25) is 0 Å². The first-order valence-electron chi connectivity index (χ1n) is 10.5. The lowest BCUT2D eigenvalue weighted by Crippen LogP contribution is -2.22. The second kappa shape index (κ2) is 7.22. The fourth-order valence-corrected chi connectivity index (χ4v) is 4.08. The third-order valence-electron chi connectivity index (χ3n) is 5.89. The van der Waals surface area contributed by atoms with Crippen molar-refractivity contribution in [2.75, 3.05) is 10.6 Å². The van der Waals surface area contributed by atoms with Crippen LogP contribution in [0.25, 0.3) is 16.7 Å². The molecule has 6 rings (SSSR count). The van der Waals surface area contributed by atoms with Crippen molar-refractivity contribution in [1.29, 1.82) is 0 Å². The summed E-state index contributed by atoms with van der Waals surface area (Å²) in [5.41, 5.74) is 0.847. The van der Waals surface area contributed by atoms with Gasteiger partial charge in [-0.25, -0.2) is 4.98 Å². The summed E-state index contributed by atoms with van der Waals surface area (Å²) >= 11 is 0. The number of rotatable bonds is 6. The van der Waals surface area contributed by atoms with Crippen molar-refractivity contribution in [3.8, 4) is 5.69 Å². The zero-order valence-electron chi connectivity index (χ0n) is 16.7. The van der Waals surface area contributed by atoms with Crippen molar-refractivity contribution < 1.29 is 8.94 Å². The van der Waals surface area contributed by atoms with E-state index in [9.17, 15) is 4.79 Å². The molecule has 2 saturated carbocycles. The van der Waals surface area contributed by atoms with Gasteiger partial charge in [-0.3, -0.25) is 4.79 Å². The summed E-state index contributed by atoms with van der Waals surface area (Å²) in [4.78, 5) is 21.5. The molecule has 2 atom stereocenters. The molecular weight excluding hydrogens is 398 g/mol. The molecule has 4 aromatic rings. The number of fused-ring (bicyclic) bond motifs is 1. The lowest BCUT2D eigenvalue weighted by atomic mass is 10.2.